The lowest BCUT2D eigenvalue weighted by atomic mass is 9.87. The molecule has 4 unspecified atom stereocenters. The maximum absolute atomic E-state index is 10.7. The van der Waals surface area contributed by atoms with Gasteiger partial charge in [-0.3, -0.25) is 0 Å². The predicted octanol–water partition coefficient (Wildman–Crippen LogP) is 1.93. The Hall–Kier alpha value is -0.160. The molecule has 0 radical (unpaired) electrons. The van der Waals surface area contributed by atoms with Crippen LogP contribution in [0.25, 0.3) is 0 Å². The minimum Gasteiger partial charge on any atom is -0.396 e. The molecule has 2 rings (SSSR count). The van der Waals surface area contributed by atoms with Crippen LogP contribution >= 0.6 is 0 Å². The normalized spacial score (nSPS) is 52.1. The molecule has 1 aliphatic heterocycles. The van der Waals surface area contributed by atoms with E-state index < -0.39 is 11.9 Å². The Bertz CT molecular complexity index is 297. The van der Waals surface area contributed by atoms with E-state index in [0.29, 0.717) is 5.92 Å². The molecule has 2 fully saturated rings. The van der Waals surface area contributed by atoms with Crippen LogP contribution in [0.5, 0.6) is 0 Å². The van der Waals surface area contributed by atoms with Crippen molar-refractivity contribution < 1.29 is 19.7 Å². The fraction of sp³-hybridized carbons (Fsp3) is 1.00. The summed E-state index contributed by atoms with van der Waals surface area (Å²) in [4.78, 5) is 0. The van der Waals surface area contributed by atoms with E-state index in [1.165, 1.54) is 0 Å². The van der Waals surface area contributed by atoms with Crippen LogP contribution < -0.4 is 0 Å². The molecular formula is C15H28O4. The summed E-state index contributed by atoms with van der Waals surface area (Å²) in [6.45, 7) is 8.23. The minimum absolute atomic E-state index is 0.00639. The number of hydrogen-bond donors (Lipinski definition) is 2. The van der Waals surface area contributed by atoms with Crippen molar-refractivity contribution in [2.75, 3.05) is 6.61 Å². The van der Waals surface area contributed by atoms with Crippen LogP contribution in [0.1, 0.15) is 47.0 Å². The maximum Gasteiger partial charge on any atom is 0.200 e. The molecule has 19 heavy (non-hydrogen) atoms. The van der Waals surface area contributed by atoms with Crippen LogP contribution in [0.2, 0.25) is 0 Å². The zero-order chi connectivity index (χ0) is 14.2. The fourth-order valence-corrected chi connectivity index (χ4v) is 3.90. The van der Waals surface area contributed by atoms with E-state index in [1.54, 1.807) is 0 Å². The first-order valence-electron chi connectivity index (χ1n) is 7.53. The summed E-state index contributed by atoms with van der Waals surface area (Å²) in [5, 5.41) is 20.5. The van der Waals surface area contributed by atoms with Crippen LogP contribution in [-0.2, 0) is 9.47 Å². The second kappa shape index (κ2) is 5.68. The van der Waals surface area contributed by atoms with E-state index in [2.05, 4.69) is 6.92 Å². The Balaban J connectivity index is 2.35. The Kier molecular flexibility index (Phi) is 4.56. The van der Waals surface area contributed by atoms with Crippen molar-refractivity contribution in [1.82, 2.24) is 0 Å². The first-order valence-corrected chi connectivity index (χ1v) is 7.53. The summed E-state index contributed by atoms with van der Waals surface area (Å²) in [7, 11) is 0. The maximum atomic E-state index is 10.7. The largest absolute Gasteiger partial charge is 0.396 e. The van der Waals surface area contributed by atoms with Crippen molar-refractivity contribution in [3.8, 4) is 0 Å². The Morgan fingerprint density at radius 1 is 1.00 bits per heavy atom. The smallest absolute Gasteiger partial charge is 0.200 e. The predicted molar refractivity (Wildman–Crippen MR) is 72.6 cm³/mol. The van der Waals surface area contributed by atoms with E-state index in [-0.39, 0.29) is 30.7 Å². The summed E-state index contributed by atoms with van der Waals surface area (Å²) in [5.74, 6) is -0.617. The summed E-state index contributed by atoms with van der Waals surface area (Å²) in [6, 6.07) is 0. The first kappa shape index (κ1) is 15.2. The molecule has 0 amide bonds. The van der Waals surface area contributed by atoms with Gasteiger partial charge in [-0.2, -0.15) is 0 Å². The highest BCUT2D eigenvalue weighted by molar-refractivity contribution is 4.96. The van der Waals surface area contributed by atoms with E-state index in [4.69, 9.17) is 9.47 Å². The second-order valence-electron chi connectivity index (χ2n) is 6.69. The van der Waals surface area contributed by atoms with Crippen molar-refractivity contribution in [2.24, 2.45) is 17.8 Å². The van der Waals surface area contributed by atoms with Gasteiger partial charge in [0.2, 0.25) is 0 Å². The molecule has 0 aromatic carbocycles. The molecule has 4 nitrogen and oxygen atoms in total. The van der Waals surface area contributed by atoms with Gasteiger partial charge in [-0.25, -0.2) is 0 Å². The average Bonchev–Trinajstić information content (AvgIpc) is 2.39. The number of ether oxygens (including phenoxy) is 2. The molecule has 1 aliphatic carbocycles. The molecule has 0 bridgehead atoms. The molecule has 112 valence electrons. The SMILES string of the molecule is CC1CC(C)OC2(O1)C(CO)C[C@@H](C)C[C@@H](C)C2O. The van der Waals surface area contributed by atoms with Gasteiger partial charge in [-0.05, 0) is 44.9 Å². The molecule has 0 aromatic rings. The monoisotopic (exact) mass is 272 g/mol. The van der Waals surface area contributed by atoms with Crippen molar-refractivity contribution in [1.29, 1.82) is 0 Å². The summed E-state index contributed by atoms with van der Waals surface area (Å²) < 4.78 is 12.1. The first-order chi connectivity index (χ1) is 8.89. The summed E-state index contributed by atoms with van der Waals surface area (Å²) in [6.07, 6.45) is 2.02. The number of aliphatic hydroxyl groups excluding tert-OH is 2. The van der Waals surface area contributed by atoms with Crippen LogP contribution in [0, 0.1) is 17.8 Å². The zero-order valence-electron chi connectivity index (χ0n) is 12.5. The zero-order valence-corrected chi connectivity index (χ0v) is 12.5. The number of rotatable bonds is 1. The van der Waals surface area contributed by atoms with Gasteiger partial charge in [-0.15, -0.1) is 0 Å². The lowest BCUT2D eigenvalue weighted by Crippen LogP contribution is -2.61. The Labute approximate surface area is 116 Å². The van der Waals surface area contributed by atoms with E-state index in [0.717, 1.165) is 19.3 Å². The number of hydrogen-bond acceptors (Lipinski definition) is 4. The minimum atomic E-state index is -1.03. The van der Waals surface area contributed by atoms with Gasteiger partial charge in [0, 0.05) is 5.92 Å². The molecule has 0 aromatic heterocycles. The van der Waals surface area contributed by atoms with E-state index in [9.17, 15) is 10.2 Å². The highest BCUT2D eigenvalue weighted by Crippen LogP contribution is 2.45. The van der Waals surface area contributed by atoms with Crippen molar-refractivity contribution >= 4 is 0 Å². The molecule has 1 saturated heterocycles. The molecule has 2 aliphatic rings. The Morgan fingerprint density at radius 3 is 2.11 bits per heavy atom. The van der Waals surface area contributed by atoms with Crippen LogP contribution in [0.4, 0.5) is 0 Å². The van der Waals surface area contributed by atoms with Crippen LogP contribution in [0.15, 0.2) is 0 Å². The molecule has 1 saturated carbocycles. The molecule has 6 atom stereocenters. The second-order valence-corrected chi connectivity index (χ2v) is 6.69. The molecular weight excluding hydrogens is 244 g/mol. The molecule has 1 heterocycles. The van der Waals surface area contributed by atoms with Gasteiger partial charge >= 0.3 is 0 Å². The third kappa shape index (κ3) is 2.82. The highest BCUT2D eigenvalue weighted by Gasteiger charge is 2.55. The van der Waals surface area contributed by atoms with Gasteiger partial charge in [0.25, 0.3) is 0 Å². The molecule has 2 N–H and O–H groups in total. The quantitative estimate of drug-likeness (QED) is 0.766. The Morgan fingerprint density at radius 2 is 1.58 bits per heavy atom. The highest BCUT2D eigenvalue weighted by atomic mass is 16.7. The van der Waals surface area contributed by atoms with Crippen molar-refractivity contribution in [2.45, 2.75) is 71.1 Å². The average molecular weight is 272 g/mol. The molecule has 1 spiro atoms. The van der Waals surface area contributed by atoms with E-state index >= 15 is 0 Å². The van der Waals surface area contributed by atoms with Gasteiger partial charge in [0.1, 0.15) is 6.10 Å². The molecule has 4 heteroatoms. The third-order valence-electron chi connectivity index (χ3n) is 4.64. The summed E-state index contributed by atoms with van der Waals surface area (Å²) >= 11 is 0. The van der Waals surface area contributed by atoms with E-state index in [1.807, 2.05) is 20.8 Å². The summed E-state index contributed by atoms with van der Waals surface area (Å²) in [5.41, 5.74) is 0. The fourth-order valence-electron chi connectivity index (χ4n) is 3.90. The number of aliphatic hydroxyl groups is 2. The van der Waals surface area contributed by atoms with Gasteiger partial charge in [0.15, 0.2) is 5.79 Å². The lowest BCUT2D eigenvalue weighted by Gasteiger charge is -2.49. The van der Waals surface area contributed by atoms with Crippen LogP contribution in [-0.4, -0.2) is 40.9 Å². The van der Waals surface area contributed by atoms with Crippen LogP contribution in [0.3, 0.4) is 0 Å². The van der Waals surface area contributed by atoms with Gasteiger partial charge in [0.05, 0.1) is 18.8 Å². The van der Waals surface area contributed by atoms with Gasteiger partial charge < -0.3 is 19.7 Å². The third-order valence-corrected chi connectivity index (χ3v) is 4.64. The standard InChI is InChI=1S/C15H28O4/c1-9-5-10(2)14(17)15(13(6-9)8-16)18-11(3)7-12(4)19-15/h9-14,16-17H,5-8H2,1-4H3/t9-,10+,11?,12?,13?,14?,15?/m0/s1. The van der Waals surface area contributed by atoms with Gasteiger partial charge in [-0.1, -0.05) is 13.8 Å². The lowest BCUT2D eigenvalue weighted by molar-refractivity contribution is -0.373. The van der Waals surface area contributed by atoms with Crippen molar-refractivity contribution in [3.63, 3.8) is 0 Å². The van der Waals surface area contributed by atoms with Crippen molar-refractivity contribution in [3.05, 3.63) is 0 Å². The topological polar surface area (TPSA) is 58.9 Å².